The lowest BCUT2D eigenvalue weighted by molar-refractivity contribution is -0.121. The summed E-state index contributed by atoms with van der Waals surface area (Å²) in [6.07, 6.45) is 1.61. The summed E-state index contributed by atoms with van der Waals surface area (Å²) in [5, 5.41) is 2.89. The Balaban J connectivity index is 1.36. The van der Waals surface area contributed by atoms with Crippen molar-refractivity contribution in [2.45, 2.75) is 19.8 Å². The van der Waals surface area contributed by atoms with Crippen LogP contribution in [0.5, 0.6) is 11.5 Å². The molecular weight excluding hydrogens is 404 g/mol. The lowest BCUT2D eigenvalue weighted by Gasteiger charge is -2.30. The number of unbranched alkanes of at least 4 members (excludes halogenated alkanes) is 1. The molecule has 1 aliphatic heterocycles. The third-order valence-corrected chi connectivity index (χ3v) is 5.26. The van der Waals surface area contributed by atoms with Crippen LogP contribution in [0.25, 0.3) is 0 Å². The minimum Gasteiger partial charge on any atom is -0.494 e. The average Bonchev–Trinajstić information content (AvgIpc) is 2.82. The molecule has 164 valence electrons. The van der Waals surface area contributed by atoms with E-state index in [1.165, 1.54) is 5.56 Å². The molecule has 2 amide bonds. The van der Waals surface area contributed by atoms with Gasteiger partial charge in [0.2, 0.25) is 0 Å². The number of carbonyl (C=O) groups is 2. The smallest absolute Gasteiger partial charge is 0.265 e. The van der Waals surface area contributed by atoms with Gasteiger partial charge in [-0.15, -0.1) is 0 Å². The molecule has 0 fully saturated rings. The number of rotatable bonds is 8. The molecule has 6 nitrogen and oxygen atoms in total. The predicted molar refractivity (Wildman–Crippen MR) is 125 cm³/mol. The predicted octanol–water partition coefficient (Wildman–Crippen LogP) is 4.83. The zero-order valence-electron chi connectivity index (χ0n) is 18.0. The van der Waals surface area contributed by atoms with Gasteiger partial charge in [0.1, 0.15) is 11.5 Å². The minimum absolute atomic E-state index is 0.0165. The van der Waals surface area contributed by atoms with Crippen LogP contribution < -0.4 is 19.7 Å². The highest BCUT2D eigenvalue weighted by Crippen LogP contribution is 2.35. The van der Waals surface area contributed by atoms with Crippen LogP contribution in [0.3, 0.4) is 0 Å². The number of hydrogen-bond donors (Lipinski definition) is 1. The lowest BCUT2D eigenvalue weighted by atomic mass is 10.1. The SMILES string of the molecule is Cc1ccc(OCCCCN2C(=O)COc3ccc(NC(=O)c4ccccc4)cc32)cc1. The molecule has 32 heavy (non-hydrogen) atoms. The van der Waals surface area contributed by atoms with Crippen LogP contribution in [0, 0.1) is 6.92 Å². The average molecular weight is 431 g/mol. The molecule has 0 saturated carbocycles. The van der Waals surface area contributed by atoms with E-state index in [0.29, 0.717) is 35.8 Å². The summed E-state index contributed by atoms with van der Waals surface area (Å²) in [5.74, 6) is 1.19. The second-order valence-corrected chi connectivity index (χ2v) is 7.71. The molecule has 0 bridgehead atoms. The molecule has 0 radical (unpaired) electrons. The highest BCUT2D eigenvalue weighted by Gasteiger charge is 2.25. The van der Waals surface area contributed by atoms with E-state index in [0.717, 1.165) is 18.6 Å². The molecule has 1 heterocycles. The monoisotopic (exact) mass is 430 g/mol. The Hall–Kier alpha value is -3.80. The summed E-state index contributed by atoms with van der Waals surface area (Å²) >= 11 is 0. The molecular formula is C26H26N2O4. The van der Waals surface area contributed by atoms with Crippen LogP contribution in [0.15, 0.2) is 72.8 Å². The number of nitrogens with zero attached hydrogens (tertiary/aromatic N) is 1. The zero-order valence-corrected chi connectivity index (χ0v) is 18.0. The summed E-state index contributed by atoms with van der Waals surface area (Å²) in [7, 11) is 0. The van der Waals surface area contributed by atoms with Crippen molar-refractivity contribution >= 4 is 23.2 Å². The van der Waals surface area contributed by atoms with E-state index in [2.05, 4.69) is 5.32 Å². The van der Waals surface area contributed by atoms with E-state index in [4.69, 9.17) is 9.47 Å². The van der Waals surface area contributed by atoms with Crippen molar-refractivity contribution in [3.63, 3.8) is 0 Å². The fraction of sp³-hybridized carbons (Fsp3) is 0.231. The number of ether oxygens (including phenoxy) is 2. The first-order valence-corrected chi connectivity index (χ1v) is 10.7. The van der Waals surface area contributed by atoms with Gasteiger partial charge in [0.25, 0.3) is 11.8 Å². The van der Waals surface area contributed by atoms with Crippen LogP contribution in [-0.4, -0.2) is 31.6 Å². The molecule has 3 aromatic carbocycles. The van der Waals surface area contributed by atoms with E-state index < -0.39 is 0 Å². The van der Waals surface area contributed by atoms with Gasteiger partial charge >= 0.3 is 0 Å². The van der Waals surface area contributed by atoms with Crippen molar-refractivity contribution in [2.24, 2.45) is 0 Å². The first-order chi connectivity index (χ1) is 15.6. The Morgan fingerprint density at radius 1 is 1.03 bits per heavy atom. The van der Waals surface area contributed by atoms with Gasteiger partial charge in [-0.1, -0.05) is 35.9 Å². The summed E-state index contributed by atoms with van der Waals surface area (Å²) in [6, 6.07) is 22.3. The van der Waals surface area contributed by atoms with Crippen molar-refractivity contribution in [1.82, 2.24) is 0 Å². The van der Waals surface area contributed by atoms with E-state index in [-0.39, 0.29) is 18.4 Å². The highest BCUT2D eigenvalue weighted by atomic mass is 16.5. The number of nitrogens with one attached hydrogen (secondary N) is 1. The molecule has 1 aliphatic rings. The molecule has 3 aromatic rings. The Morgan fingerprint density at radius 3 is 2.59 bits per heavy atom. The van der Waals surface area contributed by atoms with Gasteiger partial charge in [-0.3, -0.25) is 9.59 Å². The van der Waals surface area contributed by atoms with Crippen molar-refractivity contribution in [3.8, 4) is 11.5 Å². The second kappa shape index (κ2) is 10.0. The van der Waals surface area contributed by atoms with Crippen LogP contribution in [-0.2, 0) is 4.79 Å². The molecule has 1 N–H and O–H groups in total. The summed E-state index contributed by atoms with van der Waals surface area (Å²) in [5.41, 5.74) is 3.05. The highest BCUT2D eigenvalue weighted by molar-refractivity contribution is 6.05. The van der Waals surface area contributed by atoms with Crippen LogP contribution in [0.2, 0.25) is 0 Å². The maximum atomic E-state index is 12.5. The second-order valence-electron chi connectivity index (χ2n) is 7.71. The van der Waals surface area contributed by atoms with Gasteiger partial charge in [-0.2, -0.15) is 0 Å². The first kappa shape index (κ1) is 21.4. The summed E-state index contributed by atoms with van der Waals surface area (Å²) in [6.45, 7) is 3.20. The number of benzene rings is 3. The van der Waals surface area contributed by atoms with Crippen LogP contribution >= 0.6 is 0 Å². The van der Waals surface area contributed by atoms with Gasteiger partial charge in [-0.05, 0) is 62.2 Å². The minimum atomic E-state index is -0.201. The molecule has 0 spiro atoms. The van der Waals surface area contributed by atoms with Gasteiger partial charge in [0.05, 0.1) is 12.3 Å². The number of anilines is 2. The molecule has 0 saturated heterocycles. The number of fused-ring (bicyclic) bond motifs is 1. The number of carbonyl (C=O) groups excluding carboxylic acids is 2. The largest absolute Gasteiger partial charge is 0.494 e. The van der Waals surface area contributed by atoms with E-state index in [1.54, 1.807) is 35.2 Å². The Kier molecular flexibility index (Phi) is 6.70. The number of amides is 2. The molecule has 0 unspecified atom stereocenters. The fourth-order valence-electron chi connectivity index (χ4n) is 3.51. The maximum Gasteiger partial charge on any atom is 0.265 e. The Bertz CT molecular complexity index is 1080. The molecule has 0 atom stereocenters. The molecule has 0 aromatic heterocycles. The van der Waals surface area contributed by atoms with E-state index in [9.17, 15) is 9.59 Å². The lowest BCUT2D eigenvalue weighted by Crippen LogP contribution is -2.39. The van der Waals surface area contributed by atoms with Crippen LogP contribution in [0.4, 0.5) is 11.4 Å². The van der Waals surface area contributed by atoms with Crippen molar-refractivity contribution in [3.05, 3.63) is 83.9 Å². The third kappa shape index (κ3) is 5.27. The van der Waals surface area contributed by atoms with Gasteiger partial charge in [-0.25, -0.2) is 0 Å². The van der Waals surface area contributed by atoms with Crippen LogP contribution in [0.1, 0.15) is 28.8 Å². The molecule has 4 rings (SSSR count). The Labute approximate surface area is 187 Å². The maximum absolute atomic E-state index is 12.5. The quantitative estimate of drug-likeness (QED) is 0.520. The number of aryl methyl sites for hydroxylation is 1. The van der Waals surface area contributed by atoms with E-state index in [1.807, 2.05) is 49.4 Å². The Morgan fingerprint density at radius 2 is 1.81 bits per heavy atom. The zero-order chi connectivity index (χ0) is 22.3. The molecule has 6 heteroatoms. The molecule has 0 aliphatic carbocycles. The van der Waals surface area contributed by atoms with Crippen molar-refractivity contribution in [1.29, 1.82) is 0 Å². The van der Waals surface area contributed by atoms with Gasteiger partial charge in [0, 0.05) is 17.8 Å². The van der Waals surface area contributed by atoms with Crippen molar-refractivity contribution < 1.29 is 19.1 Å². The third-order valence-electron chi connectivity index (χ3n) is 5.26. The van der Waals surface area contributed by atoms with E-state index >= 15 is 0 Å². The fourth-order valence-corrected chi connectivity index (χ4v) is 3.51. The number of hydrogen-bond acceptors (Lipinski definition) is 4. The van der Waals surface area contributed by atoms with Gasteiger partial charge < -0.3 is 19.7 Å². The topological polar surface area (TPSA) is 67.9 Å². The standard InChI is InChI=1S/C26H26N2O4/c1-19-9-12-22(13-10-19)31-16-6-5-15-28-23-17-21(11-14-24(23)32-18-25(28)29)27-26(30)20-7-3-2-4-8-20/h2-4,7-14,17H,5-6,15-16,18H2,1H3,(H,27,30). The van der Waals surface area contributed by atoms with Gasteiger partial charge in [0.15, 0.2) is 6.61 Å². The normalized spacial score (nSPS) is 12.7. The van der Waals surface area contributed by atoms with Crippen molar-refractivity contribution in [2.75, 3.05) is 30.0 Å². The first-order valence-electron chi connectivity index (χ1n) is 10.7. The summed E-state index contributed by atoms with van der Waals surface area (Å²) < 4.78 is 11.4. The summed E-state index contributed by atoms with van der Waals surface area (Å²) in [4.78, 5) is 26.7.